The van der Waals surface area contributed by atoms with E-state index in [1.807, 2.05) is 54.6 Å². The molecular formula is C22H19NO5. The van der Waals surface area contributed by atoms with Gasteiger partial charge in [0.05, 0.1) is 18.0 Å². The van der Waals surface area contributed by atoms with Gasteiger partial charge in [-0.1, -0.05) is 42.5 Å². The number of carbonyl (C=O) groups excluding carboxylic acids is 2. The van der Waals surface area contributed by atoms with Crippen LogP contribution in [0.25, 0.3) is 0 Å². The van der Waals surface area contributed by atoms with Crippen molar-refractivity contribution >= 4 is 17.6 Å². The summed E-state index contributed by atoms with van der Waals surface area (Å²) in [6.07, 6.45) is 1.41. The van der Waals surface area contributed by atoms with Crippen LogP contribution in [0.5, 0.6) is 5.75 Å². The van der Waals surface area contributed by atoms with Crippen LogP contribution < -0.4 is 9.64 Å². The molecule has 2 heterocycles. The van der Waals surface area contributed by atoms with E-state index in [9.17, 15) is 9.59 Å². The van der Waals surface area contributed by atoms with E-state index < -0.39 is 5.97 Å². The van der Waals surface area contributed by atoms with Crippen LogP contribution in [0.3, 0.4) is 0 Å². The standard InChI is InChI=1S/C22H19NO5/c1-15-17(11-12-26-15)22(25)28-14-21(24)23-18-9-5-6-10-20(18)27-13-19(23)16-7-3-2-4-8-16/h2-12,19H,13-14H2,1H3/t19-/m1/s1. The summed E-state index contributed by atoms with van der Waals surface area (Å²) in [5.74, 6) is 0.174. The lowest BCUT2D eigenvalue weighted by Gasteiger charge is -2.37. The second kappa shape index (κ2) is 7.60. The first kappa shape index (κ1) is 17.9. The van der Waals surface area contributed by atoms with Crippen LogP contribution >= 0.6 is 0 Å². The van der Waals surface area contributed by atoms with Gasteiger partial charge in [0.1, 0.15) is 23.7 Å². The summed E-state index contributed by atoms with van der Waals surface area (Å²) in [5.41, 5.74) is 1.92. The van der Waals surface area contributed by atoms with Crippen molar-refractivity contribution in [3.63, 3.8) is 0 Å². The van der Waals surface area contributed by atoms with Crippen LogP contribution in [-0.4, -0.2) is 25.1 Å². The Hall–Kier alpha value is -3.54. The molecule has 3 aromatic rings. The Bertz CT molecular complexity index is 995. The molecule has 0 N–H and O–H groups in total. The Balaban J connectivity index is 1.59. The summed E-state index contributed by atoms with van der Waals surface area (Å²) in [6, 6.07) is 18.2. The number of furan rings is 1. The molecule has 142 valence electrons. The molecule has 1 aliphatic heterocycles. The van der Waals surface area contributed by atoms with Gasteiger partial charge in [0.15, 0.2) is 6.61 Å². The molecular weight excluding hydrogens is 358 g/mol. The van der Waals surface area contributed by atoms with Gasteiger partial charge in [0.2, 0.25) is 0 Å². The zero-order valence-corrected chi connectivity index (χ0v) is 15.3. The van der Waals surface area contributed by atoms with Gasteiger partial charge in [-0.3, -0.25) is 9.69 Å². The number of benzene rings is 2. The highest BCUT2D eigenvalue weighted by Gasteiger charge is 2.33. The van der Waals surface area contributed by atoms with Gasteiger partial charge in [0.25, 0.3) is 5.91 Å². The van der Waals surface area contributed by atoms with Gasteiger partial charge in [-0.05, 0) is 30.7 Å². The maximum Gasteiger partial charge on any atom is 0.342 e. The fraction of sp³-hybridized carbons (Fsp3) is 0.182. The minimum atomic E-state index is -0.586. The zero-order valence-electron chi connectivity index (χ0n) is 15.3. The van der Waals surface area contributed by atoms with Crippen molar-refractivity contribution in [2.24, 2.45) is 0 Å². The summed E-state index contributed by atoms with van der Waals surface area (Å²) < 4.78 is 16.2. The van der Waals surface area contributed by atoms with Gasteiger partial charge in [-0.2, -0.15) is 0 Å². The van der Waals surface area contributed by atoms with E-state index >= 15 is 0 Å². The predicted octanol–water partition coefficient (Wildman–Crippen LogP) is 3.91. The summed E-state index contributed by atoms with van der Waals surface area (Å²) in [6.45, 7) is 1.62. The molecule has 1 aliphatic rings. The summed E-state index contributed by atoms with van der Waals surface area (Å²) in [7, 11) is 0. The van der Waals surface area contributed by atoms with E-state index in [-0.39, 0.29) is 18.6 Å². The van der Waals surface area contributed by atoms with Crippen molar-refractivity contribution in [1.29, 1.82) is 0 Å². The average molecular weight is 377 g/mol. The van der Waals surface area contributed by atoms with E-state index in [1.165, 1.54) is 12.3 Å². The zero-order chi connectivity index (χ0) is 19.5. The highest BCUT2D eigenvalue weighted by Crippen LogP contribution is 2.39. The molecule has 2 aromatic carbocycles. The molecule has 0 bridgehead atoms. The lowest BCUT2D eigenvalue weighted by molar-refractivity contribution is -0.122. The topological polar surface area (TPSA) is 69.0 Å². The van der Waals surface area contributed by atoms with Crippen molar-refractivity contribution in [3.05, 3.63) is 83.8 Å². The maximum absolute atomic E-state index is 13.1. The number of esters is 1. The Morgan fingerprint density at radius 1 is 1.07 bits per heavy atom. The quantitative estimate of drug-likeness (QED) is 0.645. The third kappa shape index (κ3) is 3.36. The minimum Gasteiger partial charge on any atom is -0.489 e. The average Bonchev–Trinajstić information content (AvgIpc) is 3.17. The van der Waals surface area contributed by atoms with Crippen molar-refractivity contribution in [2.75, 3.05) is 18.1 Å². The fourth-order valence-electron chi connectivity index (χ4n) is 3.29. The molecule has 1 aromatic heterocycles. The SMILES string of the molecule is Cc1occc1C(=O)OCC(=O)N1c2ccccc2OC[C@@H]1c1ccccc1. The number of nitrogens with zero attached hydrogens (tertiary/aromatic N) is 1. The van der Waals surface area contributed by atoms with E-state index in [4.69, 9.17) is 13.9 Å². The van der Waals surface area contributed by atoms with E-state index in [0.717, 1.165) is 5.56 Å². The molecule has 0 unspecified atom stereocenters. The van der Waals surface area contributed by atoms with Gasteiger partial charge in [-0.15, -0.1) is 0 Å². The van der Waals surface area contributed by atoms with Gasteiger partial charge in [-0.25, -0.2) is 4.79 Å². The lowest BCUT2D eigenvalue weighted by atomic mass is 10.0. The minimum absolute atomic E-state index is 0.307. The molecule has 0 saturated carbocycles. The van der Waals surface area contributed by atoms with Crippen molar-refractivity contribution < 1.29 is 23.5 Å². The number of anilines is 1. The third-order valence-corrected chi connectivity index (χ3v) is 4.69. The van der Waals surface area contributed by atoms with Crippen LogP contribution in [0.4, 0.5) is 5.69 Å². The number of amides is 1. The number of ether oxygens (including phenoxy) is 2. The highest BCUT2D eigenvalue weighted by atomic mass is 16.5. The molecule has 4 rings (SSSR count). The summed E-state index contributed by atoms with van der Waals surface area (Å²) in [5, 5.41) is 0. The molecule has 28 heavy (non-hydrogen) atoms. The largest absolute Gasteiger partial charge is 0.489 e. The molecule has 0 spiro atoms. The van der Waals surface area contributed by atoms with Crippen LogP contribution in [0.2, 0.25) is 0 Å². The summed E-state index contributed by atoms with van der Waals surface area (Å²) in [4.78, 5) is 26.9. The Kier molecular flexibility index (Phi) is 4.85. The van der Waals surface area contributed by atoms with Gasteiger partial charge >= 0.3 is 5.97 Å². The number of hydrogen-bond donors (Lipinski definition) is 0. The lowest BCUT2D eigenvalue weighted by Crippen LogP contribution is -2.43. The number of rotatable bonds is 4. The van der Waals surface area contributed by atoms with Crippen LogP contribution in [0.15, 0.2) is 71.3 Å². The third-order valence-electron chi connectivity index (χ3n) is 4.69. The molecule has 6 nitrogen and oxygen atoms in total. The first-order valence-electron chi connectivity index (χ1n) is 8.95. The second-order valence-electron chi connectivity index (χ2n) is 6.44. The maximum atomic E-state index is 13.1. The number of aryl methyl sites for hydroxylation is 1. The molecule has 6 heteroatoms. The van der Waals surface area contributed by atoms with Crippen LogP contribution in [0, 0.1) is 6.92 Å². The number of fused-ring (bicyclic) bond motifs is 1. The first-order chi connectivity index (χ1) is 13.6. The van der Waals surface area contributed by atoms with Crippen molar-refractivity contribution in [1.82, 2.24) is 0 Å². The molecule has 1 amide bonds. The normalized spacial score (nSPS) is 15.5. The molecule has 0 aliphatic carbocycles. The van der Waals surface area contributed by atoms with E-state index in [2.05, 4.69) is 0 Å². The highest BCUT2D eigenvalue weighted by molar-refractivity contribution is 5.99. The van der Waals surface area contributed by atoms with Gasteiger partial charge < -0.3 is 13.9 Å². The number of hydrogen-bond acceptors (Lipinski definition) is 5. The smallest absolute Gasteiger partial charge is 0.342 e. The number of carbonyl (C=O) groups is 2. The number of para-hydroxylation sites is 2. The Morgan fingerprint density at radius 2 is 1.82 bits per heavy atom. The second-order valence-corrected chi connectivity index (χ2v) is 6.44. The van der Waals surface area contributed by atoms with Crippen molar-refractivity contribution in [2.45, 2.75) is 13.0 Å². The fourth-order valence-corrected chi connectivity index (χ4v) is 3.29. The Labute approximate surface area is 162 Å². The van der Waals surface area contributed by atoms with Crippen LogP contribution in [-0.2, 0) is 9.53 Å². The molecule has 0 fully saturated rings. The van der Waals surface area contributed by atoms with Gasteiger partial charge in [0, 0.05) is 0 Å². The molecule has 0 radical (unpaired) electrons. The van der Waals surface area contributed by atoms with E-state index in [0.29, 0.717) is 29.4 Å². The molecule has 0 saturated heterocycles. The predicted molar refractivity (Wildman–Crippen MR) is 102 cm³/mol. The monoisotopic (exact) mass is 377 g/mol. The first-order valence-corrected chi connectivity index (χ1v) is 8.95. The summed E-state index contributed by atoms with van der Waals surface area (Å²) >= 11 is 0. The van der Waals surface area contributed by atoms with Crippen molar-refractivity contribution in [3.8, 4) is 5.75 Å². The van der Waals surface area contributed by atoms with E-state index in [1.54, 1.807) is 11.8 Å². The van der Waals surface area contributed by atoms with Crippen LogP contribution in [0.1, 0.15) is 27.7 Å². The Morgan fingerprint density at radius 3 is 2.57 bits per heavy atom. The molecule has 1 atom stereocenters.